The molecule has 0 radical (unpaired) electrons. The molecule has 0 spiro atoms. The van der Waals surface area contributed by atoms with Gasteiger partial charge in [-0.05, 0) is 54.6 Å². The van der Waals surface area contributed by atoms with Gasteiger partial charge in [0.25, 0.3) is 5.91 Å². The van der Waals surface area contributed by atoms with Crippen molar-refractivity contribution in [2.24, 2.45) is 0 Å². The molecular formula is C19H12F3N5O. The number of hydrogen-bond donors (Lipinski definition) is 2. The van der Waals surface area contributed by atoms with Crippen LogP contribution in [0.15, 0.2) is 60.8 Å². The zero-order chi connectivity index (χ0) is 20.1. The largest absolute Gasteiger partial charge is 0.416 e. The van der Waals surface area contributed by atoms with Gasteiger partial charge in [0.05, 0.1) is 17.2 Å². The molecule has 6 nitrogen and oxygen atoms in total. The van der Waals surface area contributed by atoms with Crippen molar-refractivity contribution in [2.75, 3.05) is 10.6 Å². The Balaban J connectivity index is 1.70. The minimum absolute atomic E-state index is 0.0334. The van der Waals surface area contributed by atoms with Gasteiger partial charge in [-0.1, -0.05) is 0 Å². The first kappa shape index (κ1) is 18.8. The van der Waals surface area contributed by atoms with Crippen LogP contribution in [0.1, 0.15) is 21.6 Å². The maximum Gasteiger partial charge on any atom is 0.416 e. The monoisotopic (exact) mass is 383 g/mol. The number of benzene rings is 2. The SMILES string of the molecule is N#Cc1ccc(Nc2nccc(C(=O)Nc3ccc(C(F)(F)F)cc3)n2)cc1. The average Bonchev–Trinajstić information content (AvgIpc) is 2.68. The summed E-state index contributed by atoms with van der Waals surface area (Å²) in [6, 6.07) is 14.0. The van der Waals surface area contributed by atoms with Crippen LogP contribution in [0.2, 0.25) is 0 Å². The molecule has 1 amide bonds. The molecule has 1 heterocycles. The van der Waals surface area contributed by atoms with Crippen LogP contribution in [0.5, 0.6) is 0 Å². The van der Waals surface area contributed by atoms with Gasteiger partial charge in [0.2, 0.25) is 5.95 Å². The predicted molar refractivity (Wildman–Crippen MR) is 95.9 cm³/mol. The van der Waals surface area contributed by atoms with E-state index in [-0.39, 0.29) is 17.3 Å². The Kier molecular flexibility index (Phi) is 5.22. The van der Waals surface area contributed by atoms with Crippen LogP contribution in [0.3, 0.4) is 0 Å². The summed E-state index contributed by atoms with van der Waals surface area (Å²) in [5, 5.41) is 14.2. The van der Waals surface area contributed by atoms with Gasteiger partial charge in [-0.3, -0.25) is 4.79 Å². The molecule has 28 heavy (non-hydrogen) atoms. The highest BCUT2D eigenvalue weighted by Crippen LogP contribution is 2.29. The standard InChI is InChI=1S/C19H12F3N5O/c20-19(21,22)13-3-7-14(8-4-13)25-17(28)16-9-10-24-18(27-16)26-15-5-1-12(11-23)2-6-15/h1-10H,(H,25,28)(H,24,26,27). The molecule has 1 aromatic heterocycles. The molecule has 9 heteroatoms. The van der Waals surface area contributed by atoms with Gasteiger partial charge in [-0.15, -0.1) is 0 Å². The van der Waals surface area contributed by atoms with Crippen molar-refractivity contribution >= 4 is 23.2 Å². The molecule has 0 atom stereocenters. The molecule has 2 N–H and O–H groups in total. The van der Waals surface area contributed by atoms with Gasteiger partial charge < -0.3 is 10.6 Å². The van der Waals surface area contributed by atoms with E-state index in [0.717, 1.165) is 24.3 Å². The summed E-state index contributed by atoms with van der Waals surface area (Å²) < 4.78 is 37.8. The highest BCUT2D eigenvalue weighted by atomic mass is 19.4. The Morgan fingerprint density at radius 2 is 1.61 bits per heavy atom. The Morgan fingerprint density at radius 1 is 0.964 bits per heavy atom. The number of carbonyl (C=O) groups excluding carboxylic acids is 1. The quantitative estimate of drug-likeness (QED) is 0.698. The number of nitrogens with zero attached hydrogens (tertiary/aromatic N) is 3. The van der Waals surface area contributed by atoms with Gasteiger partial charge in [-0.2, -0.15) is 18.4 Å². The maximum absolute atomic E-state index is 12.6. The fourth-order valence-electron chi connectivity index (χ4n) is 2.24. The van der Waals surface area contributed by atoms with Gasteiger partial charge in [0.15, 0.2) is 0 Å². The van der Waals surface area contributed by atoms with Crippen molar-refractivity contribution in [3.63, 3.8) is 0 Å². The normalized spacial score (nSPS) is 10.8. The lowest BCUT2D eigenvalue weighted by Crippen LogP contribution is -2.15. The zero-order valence-electron chi connectivity index (χ0n) is 14.2. The summed E-state index contributed by atoms with van der Waals surface area (Å²) in [7, 11) is 0. The third-order valence-electron chi connectivity index (χ3n) is 3.63. The highest BCUT2D eigenvalue weighted by Gasteiger charge is 2.30. The third kappa shape index (κ3) is 4.62. The lowest BCUT2D eigenvalue weighted by atomic mass is 10.2. The Labute approximate surface area is 157 Å². The number of amides is 1. The van der Waals surface area contributed by atoms with Crippen molar-refractivity contribution in [3.05, 3.63) is 77.6 Å². The second kappa shape index (κ2) is 7.75. The van der Waals surface area contributed by atoms with Crippen LogP contribution in [0.25, 0.3) is 0 Å². The van der Waals surface area contributed by atoms with E-state index >= 15 is 0 Å². The molecule has 2 aromatic carbocycles. The van der Waals surface area contributed by atoms with E-state index in [0.29, 0.717) is 11.3 Å². The van der Waals surface area contributed by atoms with Crippen LogP contribution in [-0.4, -0.2) is 15.9 Å². The Morgan fingerprint density at radius 3 is 2.21 bits per heavy atom. The number of rotatable bonds is 4. The highest BCUT2D eigenvalue weighted by molar-refractivity contribution is 6.03. The molecule has 0 fully saturated rings. The molecule has 0 saturated carbocycles. The van der Waals surface area contributed by atoms with Gasteiger partial charge in [-0.25, -0.2) is 9.97 Å². The first-order valence-corrected chi connectivity index (χ1v) is 7.94. The predicted octanol–water partition coefficient (Wildman–Crippen LogP) is 4.36. The van der Waals surface area contributed by atoms with Crippen LogP contribution in [-0.2, 0) is 6.18 Å². The first-order chi connectivity index (χ1) is 13.3. The van der Waals surface area contributed by atoms with E-state index in [1.807, 2.05) is 6.07 Å². The second-order valence-electron chi connectivity index (χ2n) is 5.61. The number of nitriles is 1. The lowest BCUT2D eigenvalue weighted by molar-refractivity contribution is -0.137. The summed E-state index contributed by atoms with van der Waals surface area (Å²) >= 11 is 0. The maximum atomic E-state index is 12.6. The van der Waals surface area contributed by atoms with Crippen molar-refractivity contribution in [3.8, 4) is 6.07 Å². The van der Waals surface area contributed by atoms with Crippen LogP contribution in [0.4, 0.5) is 30.5 Å². The summed E-state index contributed by atoms with van der Waals surface area (Å²) in [6.45, 7) is 0. The number of alkyl halides is 3. The van der Waals surface area contributed by atoms with Gasteiger partial charge in [0, 0.05) is 17.6 Å². The lowest BCUT2D eigenvalue weighted by Gasteiger charge is -2.09. The Hall–Kier alpha value is -3.93. The summed E-state index contributed by atoms with van der Waals surface area (Å²) in [4.78, 5) is 20.4. The van der Waals surface area contributed by atoms with Crippen LogP contribution in [0, 0.1) is 11.3 Å². The van der Waals surface area contributed by atoms with Crippen molar-refractivity contribution in [2.45, 2.75) is 6.18 Å². The minimum Gasteiger partial charge on any atom is -0.324 e. The van der Waals surface area contributed by atoms with Crippen molar-refractivity contribution in [1.29, 1.82) is 5.26 Å². The van der Waals surface area contributed by atoms with Crippen molar-refractivity contribution in [1.82, 2.24) is 9.97 Å². The number of aromatic nitrogens is 2. The van der Waals surface area contributed by atoms with Gasteiger partial charge in [0.1, 0.15) is 5.69 Å². The minimum atomic E-state index is -4.44. The fraction of sp³-hybridized carbons (Fsp3) is 0.0526. The van der Waals surface area contributed by atoms with E-state index in [4.69, 9.17) is 5.26 Å². The molecule has 3 aromatic rings. The smallest absolute Gasteiger partial charge is 0.324 e. The average molecular weight is 383 g/mol. The van der Waals surface area contributed by atoms with E-state index < -0.39 is 17.6 Å². The molecule has 0 unspecified atom stereocenters. The molecule has 3 rings (SSSR count). The number of carbonyl (C=O) groups is 1. The summed E-state index contributed by atoms with van der Waals surface area (Å²) in [5.74, 6) is -0.435. The molecule has 0 aliphatic carbocycles. The van der Waals surface area contributed by atoms with Crippen LogP contribution >= 0.6 is 0 Å². The van der Waals surface area contributed by atoms with E-state index in [2.05, 4.69) is 20.6 Å². The number of hydrogen-bond acceptors (Lipinski definition) is 5. The molecule has 0 saturated heterocycles. The Bertz CT molecular complexity index is 1030. The molecule has 0 bridgehead atoms. The number of anilines is 3. The van der Waals surface area contributed by atoms with E-state index in [1.165, 1.54) is 12.3 Å². The topological polar surface area (TPSA) is 90.7 Å². The van der Waals surface area contributed by atoms with Crippen molar-refractivity contribution < 1.29 is 18.0 Å². The second-order valence-corrected chi connectivity index (χ2v) is 5.61. The summed E-state index contributed by atoms with van der Waals surface area (Å²) in [5.41, 5.74) is 0.557. The van der Waals surface area contributed by atoms with Gasteiger partial charge >= 0.3 is 6.18 Å². The van der Waals surface area contributed by atoms with E-state index in [1.54, 1.807) is 24.3 Å². The summed E-state index contributed by atoms with van der Waals surface area (Å²) in [6.07, 6.45) is -3.07. The molecule has 0 aliphatic rings. The number of halogens is 3. The zero-order valence-corrected chi connectivity index (χ0v) is 14.2. The molecule has 140 valence electrons. The molecular weight excluding hydrogens is 371 g/mol. The van der Waals surface area contributed by atoms with Crippen LogP contribution < -0.4 is 10.6 Å². The molecule has 0 aliphatic heterocycles. The fourth-order valence-corrected chi connectivity index (χ4v) is 2.24. The third-order valence-corrected chi connectivity index (χ3v) is 3.63. The first-order valence-electron chi connectivity index (χ1n) is 7.94. The van der Waals surface area contributed by atoms with E-state index in [9.17, 15) is 18.0 Å². The number of nitrogens with one attached hydrogen (secondary N) is 2.